The maximum absolute atomic E-state index is 5.58. The molecule has 2 heterocycles. The van der Waals surface area contributed by atoms with Gasteiger partial charge in [0.15, 0.2) is 0 Å². The van der Waals surface area contributed by atoms with Gasteiger partial charge in [-0.15, -0.1) is 0 Å². The summed E-state index contributed by atoms with van der Waals surface area (Å²) in [6, 6.07) is 2.26. The predicted octanol–water partition coefficient (Wildman–Crippen LogP) is -0.219. The number of ether oxygens (including phenoxy) is 2. The molecule has 0 saturated carbocycles. The summed E-state index contributed by atoms with van der Waals surface area (Å²) in [4.78, 5) is 10.6. The molecule has 16 heavy (non-hydrogen) atoms. The normalized spacial score (nSPS) is 16.2. The van der Waals surface area contributed by atoms with Crippen molar-refractivity contribution in [3.05, 3.63) is 11.8 Å². The molecule has 1 saturated heterocycles. The van der Waals surface area contributed by atoms with Gasteiger partial charge in [-0.25, -0.2) is 0 Å². The van der Waals surface area contributed by atoms with E-state index in [1.807, 2.05) is 6.07 Å². The van der Waals surface area contributed by atoms with Crippen LogP contribution in [0.1, 0.15) is 5.69 Å². The van der Waals surface area contributed by atoms with Crippen LogP contribution < -0.4 is 15.4 Å². The lowest BCUT2D eigenvalue weighted by atomic mass is 10.3. The van der Waals surface area contributed by atoms with Crippen molar-refractivity contribution in [2.75, 3.05) is 38.3 Å². The van der Waals surface area contributed by atoms with Gasteiger partial charge in [-0.1, -0.05) is 0 Å². The quantitative estimate of drug-likeness (QED) is 0.765. The van der Waals surface area contributed by atoms with Crippen LogP contribution in [0.2, 0.25) is 0 Å². The van der Waals surface area contributed by atoms with Gasteiger partial charge in [0.25, 0.3) is 0 Å². The third kappa shape index (κ3) is 2.40. The average Bonchev–Trinajstić information content (AvgIpc) is 2.39. The summed E-state index contributed by atoms with van der Waals surface area (Å²) >= 11 is 0. The fraction of sp³-hybridized carbons (Fsp3) is 0.600. The van der Waals surface area contributed by atoms with E-state index in [1.165, 1.54) is 0 Å². The molecule has 0 aromatic carbocycles. The molecule has 6 heteroatoms. The molecule has 0 aliphatic carbocycles. The molecule has 1 aliphatic rings. The van der Waals surface area contributed by atoms with Crippen molar-refractivity contribution in [2.24, 2.45) is 5.73 Å². The molecular formula is C10H16N4O2. The summed E-state index contributed by atoms with van der Waals surface area (Å²) in [6.45, 7) is 3.51. The number of hydrogen-bond donors (Lipinski definition) is 1. The molecule has 0 unspecified atom stereocenters. The van der Waals surface area contributed by atoms with Crippen molar-refractivity contribution in [3.63, 3.8) is 0 Å². The summed E-state index contributed by atoms with van der Waals surface area (Å²) in [5.41, 5.74) is 6.37. The first-order valence-corrected chi connectivity index (χ1v) is 5.28. The molecule has 1 aromatic rings. The lowest BCUT2D eigenvalue weighted by Gasteiger charge is -2.28. The molecule has 6 nitrogen and oxygen atoms in total. The van der Waals surface area contributed by atoms with E-state index in [0.717, 1.165) is 37.8 Å². The van der Waals surface area contributed by atoms with E-state index in [-0.39, 0.29) is 0 Å². The fourth-order valence-corrected chi connectivity index (χ4v) is 1.61. The van der Waals surface area contributed by atoms with E-state index in [0.29, 0.717) is 12.6 Å². The number of rotatable bonds is 3. The van der Waals surface area contributed by atoms with Gasteiger partial charge in [0.2, 0.25) is 0 Å². The van der Waals surface area contributed by atoms with Crippen LogP contribution in [0, 0.1) is 0 Å². The van der Waals surface area contributed by atoms with Gasteiger partial charge in [-0.3, -0.25) is 0 Å². The molecule has 0 amide bonds. The van der Waals surface area contributed by atoms with Crippen molar-refractivity contribution in [2.45, 2.75) is 6.54 Å². The fourth-order valence-electron chi connectivity index (χ4n) is 1.61. The first kappa shape index (κ1) is 11.1. The average molecular weight is 224 g/mol. The molecule has 1 fully saturated rings. The second-order valence-corrected chi connectivity index (χ2v) is 3.51. The van der Waals surface area contributed by atoms with E-state index >= 15 is 0 Å². The zero-order valence-electron chi connectivity index (χ0n) is 9.35. The second-order valence-electron chi connectivity index (χ2n) is 3.51. The van der Waals surface area contributed by atoms with Crippen LogP contribution in [0.4, 0.5) is 5.82 Å². The SMILES string of the molecule is COc1nc(CN)cc(N2CCOCC2)n1. The Balaban J connectivity index is 2.24. The number of anilines is 1. The maximum Gasteiger partial charge on any atom is 0.318 e. The van der Waals surface area contributed by atoms with E-state index in [4.69, 9.17) is 15.2 Å². The van der Waals surface area contributed by atoms with Crippen molar-refractivity contribution < 1.29 is 9.47 Å². The topological polar surface area (TPSA) is 73.5 Å². The first-order chi connectivity index (χ1) is 7.83. The Bertz CT molecular complexity index is 330. The standard InChI is InChI=1S/C10H16N4O2/c1-15-10-12-8(7-11)6-9(13-10)14-2-4-16-5-3-14/h6H,2-5,7,11H2,1H3. The summed E-state index contributed by atoms with van der Waals surface area (Å²) in [6.07, 6.45) is 0. The van der Waals surface area contributed by atoms with Crippen LogP contribution in [0.15, 0.2) is 6.07 Å². The molecule has 1 aliphatic heterocycles. The highest BCUT2D eigenvalue weighted by Crippen LogP contribution is 2.17. The van der Waals surface area contributed by atoms with Crippen LogP contribution in [0.5, 0.6) is 6.01 Å². The molecule has 2 N–H and O–H groups in total. The number of nitrogens with two attached hydrogens (primary N) is 1. The summed E-state index contributed by atoms with van der Waals surface area (Å²) in [7, 11) is 1.55. The van der Waals surface area contributed by atoms with Crippen molar-refractivity contribution in [1.29, 1.82) is 0 Å². The van der Waals surface area contributed by atoms with Crippen LogP contribution in [-0.2, 0) is 11.3 Å². The van der Waals surface area contributed by atoms with E-state index < -0.39 is 0 Å². The molecule has 0 atom stereocenters. The number of nitrogens with zero attached hydrogens (tertiary/aromatic N) is 3. The third-order valence-electron chi connectivity index (χ3n) is 2.47. The van der Waals surface area contributed by atoms with Crippen molar-refractivity contribution in [1.82, 2.24) is 9.97 Å². The van der Waals surface area contributed by atoms with Gasteiger partial charge in [-0.05, 0) is 0 Å². The first-order valence-electron chi connectivity index (χ1n) is 5.28. The Morgan fingerprint density at radius 1 is 1.44 bits per heavy atom. The Morgan fingerprint density at radius 2 is 2.19 bits per heavy atom. The minimum Gasteiger partial charge on any atom is -0.467 e. The molecule has 2 rings (SSSR count). The Morgan fingerprint density at radius 3 is 2.81 bits per heavy atom. The van der Waals surface area contributed by atoms with Gasteiger partial charge < -0.3 is 20.1 Å². The number of methoxy groups -OCH3 is 1. The second kappa shape index (κ2) is 5.09. The summed E-state index contributed by atoms with van der Waals surface area (Å²) < 4.78 is 10.3. The van der Waals surface area contributed by atoms with Crippen molar-refractivity contribution >= 4 is 5.82 Å². The summed E-state index contributed by atoms with van der Waals surface area (Å²) in [5, 5.41) is 0. The Hall–Kier alpha value is -1.40. The van der Waals surface area contributed by atoms with Gasteiger partial charge in [-0.2, -0.15) is 9.97 Å². The zero-order valence-corrected chi connectivity index (χ0v) is 9.35. The smallest absolute Gasteiger partial charge is 0.318 e. The number of morpholine rings is 1. The van der Waals surface area contributed by atoms with Crippen LogP contribution in [0.3, 0.4) is 0 Å². The lowest BCUT2D eigenvalue weighted by Crippen LogP contribution is -2.37. The lowest BCUT2D eigenvalue weighted by molar-refractivity contribution is 0.122. The maximum atomic E-state index is 5.58. The van der Waals surface area contributed by atoms with E-state index in [2.05, 4.69) is 14.9 Å². The van der Waals surface area contributed by atoms with Crippen molar-refractivity contribution in [3.8, 4) is 6.01 Å². The van der Waals surface area contributed by atoms with Crippen LogP contribution in [-0.4, -0.2) is 43.4 Å². The highest BCUT2D eigenvalue weighted by molar-refractivity contribution is 5.41. The third-order valence-corrected chi connectivity index (χ3v) is 2.47. The Kier molecular flexibility index (Phi) is 3.53. The monoisotopic (exact) mass is 224 g/mol. The highest BCUT2D eigenvalue weighted by atomic mass is 16.5. The van der Waals surface area contributed by atoms with E-state index in [9.17, 15) is 0 Å². The highest BCUT2D eigenvalue weighted by Gasteiger charge is 2.14. The molecule has 88 valence electrons. The number of hydrogen-bond acceptors (Lipinski definition) is 6. The van der Waals surface area contributed by atoms with Crippen LogP contribution >= 0.6 is 0 Å². The van der Waals surface area contributed by atoms with Gasteiger partial charge in [0, 0.05) is 25.7 Å². The Labute approximate surface area is 94.4 Å². The number of aromatic nitrogens is 2. The van der Waals surface area contributed by atoms with Gasteiger partial charge in [0.1, 0.15) is 5.82 Å². The van der Waals surface area contributed by atoms with Gasteiger partial charge >= 0.3 is 6.01 Å². The zero-order chi connectivity index (χ0) is 11.4. The minimum atomic E-state index is 0.365. The molecular weight excluding hydrogens is 208 g/mol. The van der Waals surface area contributed by atoms with Gasteiger partial charge in [0.05, 0.1) is 26.0 Å². The largest absolute Gasteiger partial charge is 0.467 e. The molecule has 0 spiro atoms. The molecule has 0 radical (unpaired) electrons. The summed E-state index contributed by atoms with van der Waals surface area (Å²) in [5.74, 6) is 0.857. The molecule has 1 aromatic heterocycles. The predicted molar refractivity (Wildman–Crippen MR) is 59.5 cm³/mol. The molecule has 0 bridgehead atoms. The minimum absolute atomic E-state index is 0.365. The van der Waals surface area contributed by atoms with Crippen LogP contribution in [0.25, 0.3) is 0 Å². The van der Waals surface area contributed by atoms with E-state index in [1.54, 1.807) is 7.11 Å².